The molecule has 0 unspecified atom stereocenters. The number of carboxylic acid groups (broad SMARTS) is 1. The van der Waals surface area contributed by atoms with E-state index in [0.717, 1.165) is 17.7 Å². The first-order chi connectivity index (χ1) is 11.7. The van der Waals surface area contributed by atoms with E-state index < -0.39 is 5.97 Å². The van der Waals surface area contributed by atoms with E-state index in [1.165, 1.54) is 12.1 Å². The molecule has 1 saturated heterocycles. The highest BCUT2D eigenvalue weighted by atomic mass is 19.1. The van der Waals surface area contributed by atoms with E-state index in [4.69, 9.17) is 9.84 Å². The summed E-state index contributed by atoms with van der Waals surface area (Å²) >= 11 is 0. The molecule has 0 spiro atoms. The molecule has 1 amide bonds. The smallest absolute Gasteiger partial charge is 0.328 e. The van der Waals surface area contributed by atoms with Crippen molar-refractivity contribution in [1.29, 1.82) is 0 Å². The van der Waals surface area contributed by atoms with E-state index in [9.17, 15) is 14.0 Å². The quantitative estimate of drug-likeness (QED) is 0.848. The SMILES string of the molecule is CC(C)(C)c1cc(F)ccc1OC1CCN(C(=O)C=CC(=O)O)CC1. The third kappa shape index (κ3) is 5.31. The Morgan fingerprint density at radius 3 is 2.44 bits per heavy atom. The standard InChI is InChI=1S/C19H24FNO4/c1-19(2,3)15-12-13(20)4-5-16(15)25-14-8-10-21(11-9-14)17(22)6-7-18(23)24/h4-7,12,14H,8-11H2,1-3H3,(H,23,24). The molecule has 1 aromatic rings. The second kappa shape index (κ2) is 7.68. The minimum Gasteiger partial charge on any atom is -0.490 e. The first-order valence-electron chi connectivity index (χ1n) is 8.33. The lowest BCUT2D eigenvalue weighted by atomic mass is 9.86. The molecular weight excluding hydrogens is 325 g/mol. The van der Waals surface area contributed by atoms with Crippen molar-refractivity contribution in [2.75, 3.05) is 13.1 Å². The van der Waals surface area contributed by atoms with Gasteiger partial charge < -0.3 is 14.7 Å². The predicted octanol–water partition coefficient (Wildman–Crippen LogP) is 3.13. The van der Waals surface area contributed by atoms with Gasteiger partial charge in [0.2, 0.25) is 5.91 Å². The normalized spacial score (nSPS) is 16.2. The number of nitrogens with zero attached hydrogens (tertiary/aromatic N) is 1. The minimum absolute atomic E-state index is 0.0564. The summed E-state index contributed by atoms with van der Waals surface area (Å²) in [4.78, 5) is 24.0. The fourth-order valence-corrected chi connectivity index (χ4v) is 2.81. The van der Waals surface area contributed by atoms with Crippen molar-refractivity contribution >= 4 is 11.9 Å². The maximum Gasteiger partial charge on any atom is 0.328 e. The minimum atomic E-state index is -1.14. The zero-order valence-electron chi connectivity index (χ0n) is 14.8. The molecule has 2 rings (SSSR count). The number of carboxylic acids is 1. The Bertz CT molecular complexity index is 670. The van der Waals surface area contributed by atoms with Gasteiger partial charge in [-0.1, -0.05) is 20.8 Å². The van der Waals surface area contributed by atoms with Gasteiger partial charge >= 0.3 is 5.97 Å². The van der Waals surface area contributed by atoms with Gasteiger partial charge in [-0.05, 0) is 23.6 Å². The highest BCUT2D eigenvalue weighted by Gasteiger charge is 2.26. The zero-order chi connectivity index (χ0) is 18.6. The van der Waals surface area contributed by atoms with Crippen molar-refractivity contribution in [1.82, 2.24) is 4.90 Å². The third-order valence-corrected chi connectivity index (χ3v) is 4.17. The molecule has 0 bridgehead atoms. The number of aliphatic carboxylic acids is 1. The van der Waals surface area contributed by atoms with Crippen LogP contribution in [-0.4, -0.2) is 41.1 Å². The molecule has 1 aliphatic heterocycles. The molecule has 1 aliphatic rings. The molecule has 1 aromatic carbocycles. The third-order valence-electron chi connectivity index (χ3n) is 4.17. The van der Waals surface area contributed by atoms with Crippen molar-refractivity contribution in [3.05, 3.63) is 41.7 Å². The maximum absolute atomic E-state index is 13.6. The highest BCUT2D eigenvalue weighted by molar-refractivity contribution is 5.93. The molecule has 1 N–H and O–H groups in total. The summed E-state index contributed by atoms with van der Waals surface area (Å²) in [6.45, 7) is 7.01. The highest BCUT2D eigenvalue weighted by Crippen LogP contribution is 2.33. The van der Waals surface area contributed by atoms with Crippen molar-refractivity contribution in [2.24, 2.45) is 0 Å². The molecule has 136 valence electrons. The Morgan fingerprint density at radius 1 is 1.24 bits per heavy atom. The summed E-state index contributed by atoms with van der Waals surface area (Å²) in [6, 6.07) is 4.55. The topological polar surface area (TPSA) is 66.8 Å². The summed E-state index contributed by atoms with van der Waals surface area (Å²) in [5.74, 6) is -1.07. The summed E-state index contributed by atoms with van der Waals surface area (Å²) in [5, 5.41) is 8.57. The fourth-order valence-electron chi connectivity index (χ4n) is 2.81. The number of amides is 1. The van der Waals surface area contributed by atoms with Gasteiger partial charge in [0.05, 0.1) is 0 Å². The van der Waals surface area contributed by atoms with E-state index in [1.54, 1.807) is 11.0 Å². The summed E-state index contributed by atoms with van der Waals surface area (Å²) in [7, 11) is 0. The molecule has 0 saturated carbocycles. The molecular formula is C19H24FNO4. The monoisotopic (exact) mass is 349 g/mol. The van der Waals surface area contributed by atoms with Crippen molar-refractivity contribution in [3.8, 4) is 5.75 Å². The number of hydrogen-bond donors (Lipinski definition) is 1. The molecule has 25 heavy (non-hydrogen) atoms. The van der Waals surface area contributed by atoms with Gasteiger partial charge in [-0.2, -0.15) is 0 Å². The van der Waals surface area contributed by atoms with Gasteiger partial charge in [-0.25, -0.2) is 9.18 Å². The van der Waals surface area contributed by atoms with Crippen molar-refractivity contribution < 1.29 is 23.8 Å². The summed E-state index contributed by atoms with van der Waals surface area (Å²) < 4.78 is 19.7. The number of rotatable bonds is 4. The van der Waals surface area contributed by atoms with Crippen LogP contribution in [0.25, 0.3) is 0 Å². The molecule has 0 aromatic heterocycles. The summed E-state index contributed by atoms with van der Waals surface area (Å²) in [6.07, 6.45) is 3.15. The van der Waals surface area contributed by atoms with Crippen LogP contribution in [0.4, 0.5) is 4.39 Å². The Labute approximate surface area is 147 Å². The first kappa shape index (κ1) is 19.0. The van der Waals surface area contributed by atoms with E-state index in [0.29, 0.717) is 31.7 Å². The van der Waals surface area contributed by atoms with Gasteiger partial charge in [0.15, 0.2) is 0 Å². The second-order valence-corrected chi connectivity index (χ2v) is 7.20. The number of ether oxygens (including phenoxy) is 1. The fraction of sp³-hybridized carbons (Fsp3) is 0.474. The molecule has 0 atom stereocenters. The molecule has 1 heterocycles. The molecule has 0 radical (unpaired) electrons. The van der Waals surface area contributed by atoms with E-state index in [2.05, 4.69) is 0 Å². The van der Waals surface area contributed by atoms with Crippen molar-refractivity contribution in [2.45, 2.75) is 45.1 Å². The van der Waals surface area contributed by atoms with Gasteiger partial charge in [0.25, 0.3) is 0 Å². The number of halogens is 1. The molecule has 6 heteroatoms. The van der Waals surface area contributed by atoms with E-state index in [-0.39, 0.29) is 23.2 Å². The average Bonchev–Trinajstić information content (AvgIpc) is 2.54. The largest absolute Gasteiger partial charge is 0.490 e. The van der Waals surface area contributed by atoms with Gasteiger partial charge in [0, 0.05) is 43.6 Å². The van der Waals surface area contributed by atoms with E-state index >= 15 is 0 Å². The van der Waals surface area contributed by atoms with E-state index in [1.807, 2.05) is 20.8 Å². The molecule has 0 aliphatic carbocycles. The van der Waals surface area contributed by atoms with Crippen LogP contribution in [0.15, 0.2) is 30.4 Å². The molecule has 5 nitrogen and oxygen atoms in total. The lowest BCUT2D eigenvalue weighted by molar-refractivity contribution is -0.132. The number of hydrogen-bond acceptors (Lipinski definition) is 3. The van der Waals surface area contributed by atoms with Crippen LogP contribution < -0.4 is 4.74 Å². The maximum atomic E-state index is 13.6. The summed E-state index contributed by atoms with van der Waals surface area (Å²) in [5.41, 5.74) is 0.575. The Kier molecular flexibility index (Phi) is 5.82. The van der Waals surface area contributed by atoms with Crippen LogP contribution in [0.5, 0.6) is 5.75 Å². The predicted molar refractivity (Wildman–Crippen MR) is 92.1 cm³/mol. The Hall–Kier alpha value is -2.37. The first-order valence-corrected chi connectivity index (χ1v) is 8.33. The van der Waals surface area contributed by atoms with Gasteiger partial charge in [0.1, 0.15) is 17.7 Å². The lowest BCUT2D eigenvalue weighted by Gasteiger charge is -2.33. The van der Waals surface area contributed by atoms with Crippen LogP contribution in [0, 0.1) is 5.82 Å². The Balaban J connectivity index is 1.99. The van der Waals surface area contributed by atoms with Crippen LogP contribution in [0.3, 0.4) is 0 Å². The van der Waals surface area contributed by atoms with Crippen LogP contribution >= 0.6 is 0 Å². The Morgan fingerprint density at radius 2 is 1.88 bits per heavy atom. The van der Waals surface area contributed by atoms with Crippen LogP contribution in [0.1, 0.15) is 39.2 Å². The number of carbonyl (C=O) groups excluding carboxylic acids is 1. The van der Waals surface area contributed by atoms with Crippen LogP contribution in [-0.2, 0) is 15.0 Å². The van der Waals surface area contributed by atoms with Gasteiger partial charge in [-0.3, -0.25) is 4.79 Å². The average molecular weight is 349 g/mol. The second-order valence-electron chi connectivity index (χ2n) is 7.20. The van der Waals surface area contributed by atoms with Gasteiger partial charge in [-0.15, -0.1) is 0 Å². The van der Waals surface area contributed by atoms with Crippen LogP contribution in [0.2, 0.25) is 0 Å². The van der Waals surface area contributed by atoms with Crippen molar-refractivity contribution in [3.63, 3.8) is 0 Å². The number of piperidine rings is 1. The number of carbonyl (C=O) groups is 2. The molecule has 1 fully saturated rings. The lowest BCUT2D eigenvalue weighted by Crippen LogP contribution is -2.41. The zero-order valence-corrected chi connectivity index (χ0v) is 14.8. The number of benzene rings is 1. The number of likely N-dealkylation sites (tertiary alicyclic amines) is 1.